The molecule has 1 aromatic heterocycles. The minimum Gasteiger partial charge on any atom is -0.445 e. The molecule has 2 saturated heterocycles. The number of piperidine rings is 1. The van der Waals surface area contributed by atoms with Crippen LogP contribution in [-0.2, 0) is 36.8 Å². The van der Waals surface area contributed by atoms with Gasteiger partial charge in [-0.05, 0) is 31.5 Å². The van der Waals surface area contributed by atoms with Gasteiger partial charge in [-0.3, -0.25) is 0 Å². The fourth-order valence-corrected chi connectivity index (χ4v) is 5.82. The average Bonchev–Trinajstić information content (AvgIpc) is 3.10. The maximum absolute atomic E-state index is 13.4. The van der Waals surface area contributed by atoms with E-state index in [1.54, 1.807) is 38.1 Å². The van der Waals surface area contributed by atoms with Crippen LogP contribution in [0.25, 0.3) is 0 Å². The lowest BCUT2D eigenvalue weighted by molar-refractivity contribution is -0.144. The molecule has 184 valence electrons. The summed E-state index contributed by atoms with van der Waals surface area (Å²) in [6.45, 7) is 2.81. The number of aromatic nitrogens is 1. The normalized spacial score (nSPS) is 24.5. The summed E-state index contributed by atoms with van der Waals surface area (Å²) in [5, 5.41) is -2.16. The number of pyridine rings is 1. The third-order valence-corrected chi connectivity index (χ3v) is 7.58. The van der Waals surface area contributed by atoms with Crippen molar-refractivity contribution in [1.82, 2.24) is 9.88 Å². The number of benzene rings is 1. The summed E-state index contributed by atoms with van der Waals surface area (Å²) in [5.41, 5.74) is -0.589. The standard InChI is InChI=1S/C22H23F3N2O6S/c1-21(2)32-15-11-27(20(28)31-13-14-7-4-3-5-8-14)12-16(19(15)33-21)34(29,30)18-10-6-9-17(26-18)22(23,24)25/h3-10,15-16,19H,11-13H2,1-2H3/t15-,16-,19-/m0/s1. The van der Waals surface area contributed by atoms with Crippen molar-refractivity contribution in [3.63, 3.8) is 0 Å². The summed E-state index contributed by atoms with van der Waals surface area (Å²) in [4.78, 5) is 17.3. The number of likely N-dealkylation sites (tertiary alicyclic amines) is 1. The molecule has 2 fully saturated rings. The molecule has 12 heteroatoms. The molecule has 0 spiro atoms. The van der Waals surface area contributed by atoms with Gasteiger partial charge in [0.25, 0.3) is 0 Å². The first-order valence-corrected chi connectivity index (χ1v) is 12.0. The number of carbonyl (C=O) groups excluding carboxylic acids is 1. The van der Waals surface area contributed by atoms with Crippen molar-refractivity contribution < 1.29 is 40.6 Å². The number of ether oxygens (including phenoxy) is 3. The Morgan fingerprint density at radius 2 is 1.82 bits per heavy atom. The van der Waals surface area contributed by atoms with Gasteiger partial charge in [0.1, 0.15) is 29.8 Å². The van der Waals surface area contributed by atoms with Gasteiger partial charge in [0.2, 0.25) is 9.84 Å². The zero-order chi connectivity index (χ0) is 24.7. The van der Waals surface area contributed by atoms with Crippen molar-refractivity contribution in [3.8, 4) is 0 Å². The zero-order valence-corrected chi connectivity index (χ0v) is 19.2. The number of hydrogen-bond acceptors (Lipinski definition) is 7. The largest absolute Gasteiger partial charge is 0.445 e. The van der Waals surface area contributed by atoms with Gasteiger partial charge >= 0.3 is 12.3 Å². The van der Waals surface area contributed by atoms with Gasteiger partial charge in [0.15, 0.2) is 10.8 Å². The van der Waals surface area contributed by atoms with Crippen molar-refractivity contribution in [2.45, 2.75) is 54.9 Å². The number of alkyl halides is 3. The molecule has 1 aromatic carbocycles. The van der Waals surface area contributed by atoms with E-state index in [1.165, 1.54) is 4.90 Å². The number of fused-ring (bicyclic) bond motifs is 1. The molecule has 34 heavy (non-hydrogen) atoms. The number of halogens is 3. The number of carbonyl (C=O) groups is 1. The van der Waals surface area contributed by atoms with Crippen LogP contribution in [0.15, 0.2) is 53.6 Å². The van der Waals surface area contributed by atoms with Crippen LogP contribution >= 0.6 is 0 Å². The molecule has 0 radical (unpaired) electrons. The number of sulfone groups is 1. The van der Waals surface area contributed by atoms with Crippen LogP contribution in [0.2, 0.25) is 0 Å². The number of rotatable bonds is 4. The topological polar surface area (TPSA) is 95.0 Å². The van der Waals surface area contributed by atoms with Crippen LogP contribution in [0.5, 0.6) is 0 Å². The maximum Gasteiger partial charge on any atom is 0.433 e. The molecule has 2 aliphatic heterocycles. The summed E-state index contributed by atoms with van der Waals surface area (Å²) < 4.78 is 83.2. The molecule has 3 heterocycles. The highest BCUT2D eigenvalue weighted by molar-refractivity contribution is 7.92. The second-order valence-corrected chi connectivity index (χ2v) is 10.6. The second kappa shape index (κ2) is 8.82. The van der Waals surface area contributed by atoms with E-state index in [0.717, 1.165) is 17.7 Å². The zero-order valence-electron chi connectivity index (χ0n) is 18.4. The van der Waals surface area contributed by atoms with Gasteiger partial charge in [0.05, 0.1) is 6.54 Å². The third-order valence-electron chi connectivity index (χ3n) is 5.56. The van der Waals surface area contributed by atoms with Crippen LogP contribution in [-0.4, -0.2) is 60.7 Å². The number of amides is 1. The van der Waals surface area contributed by atoms with Crippen LogP contribution in [0.4, 0.5) is 18.0 Å². The Kier molecular flexibility index (Phi) is 6.34. The van der Waals surface area contributed by atoms with Crippen molar-refractivity contribution in [2.75, 3.05) is 13.1 Å². The molecule has 3 atom stereocenters. The van der Waals surface area contributed by atoms with Crippen LogP contribution in [0.1, 0.15) is 25.1 Å². The summed E-state index contributed by atoms with van der Waals surface area (Å²) in [5.74, 6) is -1.14. The van der Waals surface area contributed by atoms with Crippen molar-refractivity contribution in [3.05, 3.63) is 59.8 Å². The first-order valence-electron chi connectivity index (χ1n) is 10.5. The van der Waals surface area contributed by atoms with E-state index in [1.807, 2.05) is 6.07 Å². The fraction of sp³-hybridized carbons (Fsp3) is 0.455. The predicted octanol–water partition coefficient (Wildman–Crippen LogP) is 3.42. The highest BCUT2D eigenvalue weighted by atomic mass is 32.2. The number of hydrogen-bond donors (Lipinski definition) is 0. The van der Waals surface area contributed by atoms with E-state index in [9.17, 15) is 26.4 Å². The Morgan fingerprint density at radius 3 is 2.50 bits per heavy atom. The quantitative estimate of drug-likeness (QED) is 0.635. The van der Waals surface area contributed by atoms with E-state index < -0.39 is 56.1 Å². The predicted molar refractivity (Wildman–Crippen MR) is 112 cm³/mol. The molecule has 1 amide bonds. The SMILES string of the molecule is CC1(C)O[C@H]2[C@H](CN(C(=O)OCc3ccccc3)C[C@@H]2S(=O)(=O)c2cccc(C(F)(F)F)n2)O1. The summed E-state index contributed by atoms with van der Waals surface area (Å²) >= 11 is 0. The third kappa shape index (κ3) is 5.03. The minimum atomic E-state index is -4.82. The van der Waals surface area contributed by atoms with Gasteiger partial charge in [0, 0.05) is 6.54 Å². The summed E-state index contributed by atoms with van der Waals surface area (Å²) in [7, 11) is -4.45. The lowest BCUT2D eigenvalue weighted by Crippen LogP contribution is -2.58. The lowest BCUT2D eigenvalue weighted by atomic mass is 10.1. The van der Waals surface area contributed by atoms with Crippen LogP contribution in [0.3, 0.4) is 0 Å². The van der Waals surface area contributed by atoms with Gasteiger partial charge in [-0.25, -0.2) is 18.2 Å². The fourth-order valence-electron chi connectivity index (χ4n) is 4.05. The maximum atomic E-state index is 13.4. The molecule has 2 aliphatic rings. The molecule has 0 unspecified atom stereocenters. The van der Waals surface area contributed by atoms with Crippen LogP contribution < -0.4 is 0 Å². The minimum absolute atomic E-state index is 0.00373. The van der Waals surface area contributed by atoms with Gasteiger partial charge < -0.3 is 19.1 Å². The molecular formula is C22H23F3N2O6S. The highest BCUT2D eigenvalue weighted by Crippen LogP contribution is 2.38. The van der Waals surface area contributed by atoms with E-state index in [2.05, 4.69) is 4.98 Å². The Balaban J connectivity index is 1.61. The first-order chi connectivity index (χ1) is 15.9. The molecule has 0 N–H and O–H groups in total. The molecule has 0 saturated carbocycles. The smallest absolute Gasteiger partial charge is 0.433 e. The molecule has 0 bridgehead atoms. The van der Waals surface area contributed by atoms with Crippen LogP contribution in [0, 0.1) is 0 Å². The van der Waals surface area contributed by atoms with E-state index in [4.69, 9.17) is 14.2 Å². The number of nitrogens with zero attached hydrogens (tertiary/aromatic N) is 2. The average molecular weight is 500 g/mol. The highest BCUT2D eigenvalue weighted by Gasteiger charge is 2.54. The Bertz CT molecular complexity index is 1160. The molecule has 0 aliphatic carbocycles. The van der Waals surface area contributed by atoms with Gasteiger partial charge in [-0.15, -0.1) is 0 Å². The summed E-state index contributed by atoms with van der Waals surface area (Å²) in [6, 6.07) is 11.6. The van der Waals surface area contributed by atoms with E-state index >= 15 is 0 Å². The Hall–Kier alpha value is -2.70. The second-order valence-electron chi connectivity index (χ2n) is 8.53. The van der Waals surface area contributed by atoms with E-state index in [0.29, 0.717) is 6.07 Å². The molecular weight excluding hydrogens is 477 g/mol. The van der Waals surface area contributed by atoms with Crippen molar-refractivity contribution in [2.24, 2.45) is 0 Å². The van der Waals surface area contributed by atoms with Crippen molar-refractivity contribution in [1.29, 1.82) is 0 Å². The van der Waals surface area contributed by atoms with Crippen molar-refractivity contribution >= 4 is 15.9 Å². The molecule has 8 nitrogen and oxygen atoms in total. The van der Waals surface area contributed by atoms with Gasteiger partial charge in [-0.1, -0.05) is 36.4 Å². The van der Waals surface area contributed by atoms with Gasteiger partial charge in [-0.2, -0.15) is 13.2 Å². The monoisotopic (exact) mass is 500 g/mol. The molecule has 4 rings (SSSR count). The molecule has 2 aromatic rings. The van der Waals surface area contributed by atoms with E-state index in [-0.39, 0.29) is 19.7 Å². The lowest BCUT2D eigenvalue weighted by Gasteiger charge is -2.37. The Morgan fingerprint density at radius 1 is 1.12 bits per heavy atom. The first kappa shape index (κ1) is 24.4. The summed E-state index contributed by atoms with van der Waals surface area (Å²) in [6.07, 6.45) is -7.41. The Labute approximate surface area is 194 Å².